The van der Waals surface area contributed by atoms with Crippen LogP contribution in [0, 0.1) is 6.92 Å². The second-order valence-corrected chi connectivity index (χ2v) is 5.51. The van der Waals surface area contributed by atoms with E-state index in [-0.39, 0.29) is 5.91 Å². The third-order valence-corrected chi connectivity index (χ3v) is 3.74. The predicted molar refractivity (Wildman–Crippen MR) is 87.3 cm³/mol. The zero-order chi connectivity index (χ0) is 16.1. The molecular weight excluding hydrogens is 292 g/mol. The molecule has 23 heavy (non-hydrogen) atoms. The number of nitrogens with zero attached hydrogens (tertiary/aromatic N) is 3. The van der Waals surface area contributed by atoms with Crippen LogP contribution >= 0.6 is 0 Å². The Morgan fingerprint density at radius 2 is 1.96 bits per heavy atom. The number of benzene rings is 1. The normalized spacial score (nSPS) is 14.6. The molecule has 2 aromatic rings. The summed E-state index contributed by atoms with van der Waals surface area (Å²) in [6, 6.07) is 9.90. The van der Waals surface area contributed by atoms with Crippen molar-refractivity contribution in [3.8, 4) is 0 Å². The highest BCUT2D eigenvalue weighted by Crippen LogP contribution is 2.09. The van der Waals surface area contributed by atoms with Gasteiger partial charge in [0.15, 0.2) is 0 Å². The molecule has 6 heteroatoms. The Kier molecular flexibility index (Phi) is 4.83. The topological polar surface area (TPSA) is 67.4 Å². The summed E-state index contributed by atoms with van der Waals surface area (Å²) in [7, 11) is 0. The molecule has 0 spiro atoms. The zero-order valence-electron chi connectivity index (χ0n) is 13.2. The van der Waals surface area contributed by atoms with Crippen molar-refractivity contribution in [3.05, 3.63) is 53.3 Å². The van der Waals surface area contributed by atoms with Crippen molar-refractivity contribution in [1.29, 1.82) is 0 Å². The van der Waals surface area contributed by atoms with Gasteiger partial charge in [0.25, 0.3) is 5.91 Å². The second kappa shape index (κ2) is 7.19. The molecule has 3 rings (SSSR count). The van der Waals surface area contributed by atoms with E-state index in [1.807, 2.05) is 0 Å². The van der Waals surface area contributed by atoms with Crippen LogP contribution in [0.15, 0.2) is 36.5 Å². The fourth-order valence-corrected chi connectivity index (χ4v) is 2.38. The third kappa shape index (κ3) is 4.04. The number of hydrogen-bond acceptors (Lipinski definition) is 5. The quantitative estimate of drug-likeness (QED) is 0.933. The highest BCUT2D eigenvalue weighted by atomic mass is 16.5. The smallest absolute Gasteiger partial charge is 0.272 e. The van der Waals surface area contributed by atoms with Crippen molar-refractivity contribution in [1.82, 2.24) is 14.9 Å². The Hall–Kier alpha value is -2.47. The van der Waals surface area contributed by atoms with Gasteiger partial charge in [0.1, 0.15) is 5.69 Å². The third-order valence-electron chi connectivity index (χ3n) is 3.74. The molecule has 0 bridgehead atoms. The number of rotatable bonds is 4. The van der Waals surface area contributed by atoms with Crippen molar-refractivity contribution in [3.63, 3.8) is 0 Å². The van der Waals surface area contributed by atoms with Gasteiger partial charge in [-0.2, -0.15) is 0 Å². The lowest BCUT2D eigenvalue weighted by Crippen LogP contribution is -2.41. The molecule has 1 aromatic heterocycles. The second-order valence-electron chi connectivity index (χ2n) is 5.51. The monoisotopic (exact) mass is 312 g/mol. The molecular formula is C17H20N4O2. The van der Waals surface area contributed by atoms with Crippen LogP contribution in [0.2, 0.25) is 0 Å². The maximum atomic E-state index is 12.4. The number of nitrogens with one attached hydrogen (secondary N) is 1. The number of aromatic nitrogens is 2. The van der Waals surface area contributed by atoms with Crippen molar-refractivity contribution in [2.75, 3.05) is 31.6 Å². The summed E-state index contributed by atoms with van der Waals surface area (Å²) in [6.45, 7) is 5.05. The number of carbonyl (C=O) groups is 1. The zero-order valence-corrected chi connectivity index (χ0v) is 13.2. The summed E-state index contributed by atoms with van der Waals surface area (Å²) < 4.78 is 5.27. The molecule has 0 unspecified atom stereocenters. The molecule has 120 valence electrons. The van der Waals surface area contributed by atoms with Crippen LogP contribution in [0.4, 0.5) is 5.95 Å². The molecule has 1 aliphatic heterocycles. The van der Waals surface area contributed by atoms with Crippen LogP contribution in [0.1, 0.15) is 21.6 Å². The van der Waals surface area contributed by atoms with Gasteiger partial charge in [-0.3, -0.25) is 4.79 Å². The molecule has 1 fully saturated rings. The minimum Gasteiger partial charge on any atom is -0.378 e. The summed E-state index contributed by atoms with van der Waals surface area (Å²) in [5, 5.41) is 3.16. The molecule has 6 nitrogen and oxygen atoms in total. The van der Waals surface area contributed by atoms with E-state index in [9.17, 15) is 4.79 Å². The van der Waals surface area contributed by atoms with E-state index in [2.05, 4.69) is 46.5 Å². The minimum absolute atomic E-state index is 0.0749. The van der Waals surface area contributed by atoms with Gasteiger partial charge in [0.05, 0.1) is 13.2 Å². The lowest BCUT2D eigenvalue weighted by atomic mass is 10.1. The standard InChI is InChI=1S/C17H20N4O2/c1-13-2-4-14(5-3-13)12-19-17-18-7-6-15(20-17)16(22)21-8-10-23-11-9-21/h2-7H,8-12H2,1H3,(H,18,19,20). The van der Waals surface area contributed by atoms with Crippen molar-refractivity contribution in [2.24, 2.45) is 0 Å². The summed E-state index contributed by atoms with van der Waals surface area (Å²) >= 11 is 0. The number of hydrogen-bond donors (Lipinski definition) is 1. The van der Waals surface area contributed by atoms with Crippen LogP contribution < -0.4 is 5.32 Å². The average molecular weight is 312 g/mol. The van der Waals surface area contributed by atoms with Gasteiger partial charge in [-0.25, -0.2) is 9.97 Å². The number of anilines is 1. The maximum absolute atomic E-state index is 12.4. The van der Waals surface area contributed by atoms with Gasteiger partial charge in [0.2, 0.25) is 5.95 Å². The van der Waals surface area contributed by atoms with Crippen molar-refractivity contribution >= 4 is 11.9 Å². The predicted octanol–water partition coefficient (Wildman–Crippen LogP) is 1.87. The molecule has 1 saturated heterocycles. The Morgan fingerprint density at radius 3 is 2.70 bits per heavy atom. The van der Waals surface area contributed by atoms with Crippen LogP contribution in [-0.2, 0) is 11.3 Å². The van der Waals surface area contributed by atoms with E-state index >= 15 is 0 Å². The van der Waals surface area contributed by atoms with E-state index in [1.165, 1.54) is 5.56 Å². The Labute approximate surface area is 135 Å². The first-order chi connectivity index (χ1) is 11.2. The van der Waals surface area contributed by atoms with Gasteiger partial charge in [0, 0.05) is 25.8 Å². The maximum Gasteiger partial charge on any atom is 0.272 e. The lowest BCUT2D eigenvalue weighted by Gasteiger charge is -2.26. The summed E-state index contributed by atoms with van der Waals surface area (Å²) in [5.74, 6) is 0.388. The van der Waals surface area contributed by atoms with Crippen molar-refractivity contribution < 1.29 is 9.53 Å². The molecule has 1 aliphatic rings. The molecule has 0 radical (unpaired) electrons. The first kappa shape index (κ1) is 15.4. The molecule has 0 aliphatic carbocycles. The minimum atomic E-state index is -0.0749. The number of amides is 1. The number of aryl methyl sites for hydroxylation is 1. The van der Waals surface area contributed by atoms with Gasteiger partial charge in [-0.05, 0) is 18.6 Å². The fourth-order valence-electron chi connectivity index (χ4n) is 2.38. The molecule has 0 saturated carbocycles. The molecule has 2 heterocycles. The van der Waals surface area contributed by atoms with E-state index in [0.717, 1.165) is 5.56 Å². The van der Waals surface area contributed by atoms with Gasteiger partial charge in [-0.15, -0.1) is 0 Å². The van der Waals surface area contributed by atoms with Crippen molar-refractivity contribution in [2.45, 2.75) is 13.5 Å². The Bertz CT molecular complexity index is 667. The SMILES string of the molecule is Cc1ccc(CNc2nccc(C(=O)N3CCOCC3)n2)cc1. The molecule has 1 aromatic carbocycles. The van der Waals surface area contributed by atoms with Crippen LogP contribution in [0.5, 0.6) is 0 Å². The fraction of sp³-hybridized carbons (Fsp3) is 0.353. The first-order valence-corrected chi connectivity index (χ1v) is 7.72. The van der Waals surface area contributed by atoms with Crippen LogP contribution in [0.3, 0.4) is 0 Å². The molecule has 0 atom stereocenters. The Balaban J connectivity index is 1.64. The van der Waals surface area contributed by atoms with Crippen LogP contribution in [-0.4, -0.2) is 47.1 Å². The highest BCUT2D eigenvalue weighted by molar-refractivity contribution is 5.92. The highest BCUT2D eigenvalue weighted by Gasteiger charge is 2.19. The van der Waals surface area contributed by atoms with Gasteiger partial charge in [-0.1, -0.05) is 29.8 Å². The molecule has 1 amide bonds. The number of carbonyl (C=O) groups excluding carboxylic acids is 1. The van der Waals surface area contributed by atoms with Gasteiger partial charge < -0.3 is 15.0 Å². The summed E-state index contributed by atoms with van der Waals surface area (Å²) in [4.78, 5) is 22.7. The number of morpholine rings is 1. The van der Waals surface area contributed by atoms with E-state index in [0.29, 0.717) is 44.5 Å². The number of ether oxygens (including phenoxy) is 1. The average Bonchev–Trinajstić information content (AvgIpc) is 2.61. The van der Waals surface area contributed by atoms with E-state index in [1.54, 1.807) is 17.2 Å². The Morgan fingerprint density at radius 1 is 1.22 bits per heavy atom. The largest absolute Gasteiger partial charge is 0.378 e. The lowest BCUT2D eigenvalue weighted by molar-refractivity contribution is 0.0299. The van der Waals surface area contributed by atoms with E-state index < -0.39 is 0 Å². The molecule has 1 N–H and O–H groups in total. The first-order valence-electron chi connectivity index (χ1n) is 7.72. The van der Waals surface area contributed by atoms with E-state index in [4.69, 9.17) is 4.74 Å². The summed E-state index contributed by atoms with van der Waals surface area (Å²) in [6.07, 6.45) is 1.61. The summed E-state index contributed by atoms with van der Waals surface area (Å²) in [5.41, 5.74) is 2.78. The van der Waals surface area contributed by atoms with Gasteiger partial charge >= 0.3 is 0 Å². The van der Waals surface area contributed by atoms with Crippen LogP contribution in [0.25, 0.3) is 0 Å².